The van der Waals surface area contributed by atoms with Gasteiger partial charge in [0.15, 0.2) is 0 Å². The number of nitrogen functional groups attached to an aromatic ring is 1. The van der Waals surface area contributed by atoms with Crippen LogP contribution in [0.5, 0.6) is 5.75 Å². The summed E-state index contributed by atoms with van der Waals surface area (Å²) >= 11 is 0. The number of carbonyl (C=O) groups is 2. The van der Waals surface area contributed by atoms with Crippen LogP contribution in [0.1, 0.15) is 6.42 Å². The Morgan fingerprint density at radius 2 is 1.77 bits per heavy atom. The van der Waals surface area contributed by atoms with E-state index < -0.39 is 0 Å². The van der Waals surface area contributed by atoms with Gasteiger partial charge in [-0.25, -0.2) is 0 Å². The zero-order valence-electron chi connectivity index (χ0n) is 17.5. The Morgan fingerprint density at radius 3 is 2.48 bits per heavy atom. The molecule has 0 bridgehead atoms. The van der Waals surface area contributed by atoms with Crippen LogP contribution in [0, 0.1) is 5.92 Å². The number of benzene rings is 2. The van der Waals surface area contributed by atoms with Gasteiger partial charge < -0.3 is 26.0 Å². The topological polar surface area (TPSA) is 102 Å². The lowest BCUT2D eigenvalue weighted by Crippen LogP contribution is -2.51. The minimum absolute atomic E-state index is 0.0450. The Hall–Kier alpha value is -3.26. The minimum atomic E-state index is -0.137. The van der Waals surface area contributed by atoms with Gasteiger partial charge in [0.2, 0.25) is 11.8 Å². The van der Waals surface area contributed by atoms with Gasteiger partial charge in [-0.15, -0.1) is 0 Å². The summed E-state index contributed by atoms with van der Waals surface area (Å²) in [7, 11) is 0. The predicted octanol–water partition coefficient (Wildman–Crippen LogP) is 1.58. The van der Waals surface area contributed by atoms with Gasteiger partial charge in [0.1, 0.15) is 5.75 Å². The van der Waals surface area contributed by atoms with Crippen LogP contribution in [0.3, 0.4) is 0 Å². The van der Waals surface area contributed by atoms with Gasteiger partial charge in [0.25, 0.3) is 0 Å². The van der Waals surface area contributed by atoms with Crippen LogP contribution in [0.2, 0.25) is 0 Å². The predicted molar refractivity (Wildman–Crippen MR) is 121 cm³/mol. The Bertz CT molecular complexity index is 925. The van der Waals surface area contributed by atoms with Gasteiger partial charge in [-0.1, -0.05) is 6.07 Å². The number of hydrogen-bond acceptors (Lipinski definition) is 6. The van der Waals surface area contributed by atoms with Crippen molar-refractivity contribution in [2.45, 2.75) is 6.42 Å². The molecular formula is C23H29N5O3. The van der Waals surface area contributed by atoms with Crippen LogP contribution >= 0.6 is 0 Å². The number of carbonyl (C=O) groups excluding carboxylic acids is 2. The molecule has 0 saturated carbocycles. The summed E-state index contributed by atoms with van der Waals surface area (Å²) in [5.74, 6) is 0.0995. The molecule has 0 spiro atoms. The van der Waals surface area contributed by atoms with Crippen molar-refractivity contribution < 1.29 is 14.7 Å². The van der Waals surface area contributed by atoms with Crippen LogP contribution < -0.4 is 16.0 Å². The van der Waals surface area contributed by atoms with Crippen molar-refractivity contribution in [3.63, 3.8) is 0 Å². The van der Waals surface area contributed by atoms with Gasteiger partial charge in [0, 0.05) is 49.8 Å². The molecule has 8 nitrogen and oxygen atoms in total. The lowest BCUT2D eigenvalue weighted by Gasteiger charge is -2.36. The number of phenolic OH excluding ortho intramolecular Hbond substituents is 1. The molecule has 4 N–H and O–H groups in total. The first kappa shape index (κ1) is 21.0. The summed E-state index contributed by atoms with van der Waals surface area (Å²) in [5.41, 5.74) is 8.38. The molecular weight excluding hydrogens is 394 g/mol. The number of rotatable bonds is 5. The maximum Gasteiger partial charge on any atom is 0.236 e. The molecule has 2 aliphatic heterocycles. The standard InChI is InChI=1S/C23H29N5O3/c24-18-2-1-3-20(14-18)27-10-12-28(13-11-27)22(30)16-26-9-8-17(15-26)23(31)25-19-4-6-21(29)7-5-19/h1-7,14,17,29H,8-13,15-16,24H2,(H,25,31)/t17-/m0/s1. The van der Waals surface area contributed by atoms with E-state index in [0.717, 1.165) is 37.4 Å². The van der Waals surface area contributed by atoms with Gasteiger partial charge in [-0.2, -0.15) is 0 Å². The summed E-state index contributed by atoms with van der Waals surface area (Å²) in [6.45, 7) is 4.61. The number of piperazine rings is 1. The van der Waals surface area contributed by atoms with E-state index in [0.29, 0.717) is 31.9 Å². The average Bonchev–Trinajstić information content (AvgIpc) is 3.24. The van der Waals surface area contributed by atoms with Crippen LogP contribution in [-0.2, 0) is 9.59 Å². The molecule has 2 saturated heterocycles. The van der Waals surface area contributed by atoms with E-state index in [2.05, 4.69) is 15.1 Å². The monoisotopic (exact) mass is 423 g/mol. The zero-order chi connectivity index (χ0) is 21.8. The van der Waals surface area contributed by atoms with E-state index in [1.54, 1.807) is 24.3 Å². The highest BCUT2D eigenvalue weighted by molar-refractivity contribution is 5.93. The van der Waals surface area contributed by atoms with Gasteiger partial charge in [-0.3, -0.25) is 14.5 Å². The van der Waals surface area contributed by atoms with E-state index >= 15 is 0 Å². The second kappa shape index (κ2) is 9.26. The summed E-state index contributed by atoms with van der Waals surface area (Å²) in [6.07, 6.45) is 0.737. The maximum atomic E-state index is 12.8. The lowest BCUT2D eigenvalue weighted by molar-refractivity contribution is -0.132. The summed E-state index contributed by atoms with van der Waals surface area (Å²) < 4.78 is 0. The highest BCUT2D eigenvalue weighted by Crippen LogP contribution is 2.21. The fourth-order valence-corrected chi connectivity index (χ4v) is 4.21. The number of phenols is 1. The second-order valence-electron chi connectivity index (χ2n) is 8.22. The molecule has 4 rings (SSSR count). The SMILES string of the molecule is Nc1cccc(N2CCN(C(=O)CN3CC[C@H](C(=O)Nc4ccc(O)cc4)C3)CC2)c1. The number of nitrogens with zero attached hydrogens (tertiary/aromatic N) is 3. The van der Waals surface area contributed by atoms with Crippen LogP contribution in [0.25, 0.3) is 0 Å². The Morgan fingerprint density at radius 1 is 1.03 bits per heavy atom. The molecule has 164 valence electrons. The zero-order valence-corrected chi connectivity index (χ0v) is 17.5. The van der Waals surface area contributed by atoms with Gasteiger partial charge in [0.05, 0.1) is 12.5 Å². The van der Waals surface area contributed by atoms with E-state index in [1.807, 2.05) is 29.2 Å². The Labute approximate surface area is 182 Å². The molecule has 2 aromatic rings. The molecule has 0 radical (unpaired) electrons. The fourth-order valence-electron chi connectivity index (χ4n) is 4.21. The normalized spacial score (nSPS) is 19.4. The van der Waals surface area contributed by atoms with Crippen molar-refractivity contribution >= 4 is 28.9 Å². The average molecular weight is 424 g/mol. The first-order valence-corrected chi connectivity index (χ1v) is 10.7. The molecule has 2 aliphatic rings. The fraction of sp³-hybridized carbons (Fsp3) is 0.391. The molecule has 8 heteroatoms. The summed E-state index contributed by atoms with van der Waals surface area (Å²) in [4.78, 5) is 31.5. The Kier molecular flexibility index (Phi) is 6.27. The highest BCUT2D eigenvalue weighted by Gasteiger charge is 2.31. The molecule has 2 heterocycles. The van der Waals surface area contributed by atoms with Gasteiger partial charge in [-0.05, 0) is 55.4 Å². The molecule has 31 heavy (non-hydrogen) atoms. The van der Waals surface area contributed by atoms with Crippen molar-refractivity contribution in [2.75, 3.05) is 61.8 Å². The smallest absolute Gasteiger partial charge is 0.236 e. The number of hydrogen-bond donors (Lipinski definition) is 3. The van der Waals surface area contributed by atoms with Crippen LogP contribution in [0.4, 0.5) is 17.1 Å². The number of amides is 2. The van der Waals surface area contributed by atoms with E-state index in [1.165, 1.54) is 0 Å². The van der Waals surface area contributed by atoms with E-state index in [-0.39, 0.29) is 23.5 Å². The van der Waals surface area contributed by atoms with E-state index in [4.69, 9.17) is 5.73 Å². The second-order valence-corrected chi connectivity index (χ2v) is 8.22. The van der Waals surface area contributed by atoms with E-state index in [9.17, 15) is 14.7 Å². The number of anilines is 3. The molecule has 2 aromatic carbocycles. The third-order valence-corrected chi connectivity index (χ3v) is 6.00. The number of likely N-dealkylation sites (tertiary alicyclic amines) is 1. The third-order valence-electron chi connectivity index (χ3n) is 6.00. The van der Waals surface area contributed by atoms with Gasteiger partial charge >= 0.3 is 0 Å². The molecule has 0 unspecified atom stereocenters. The molecule has 2 fully saturated rings. The van der Waals surface area contributed by atoms with Crippen molar-refractivity contribution in [1.29, 1.82) is 0 Å². The molecule has 2 amide bonds. The first-order chi connectivity index (χ1) is 15.0. The molecule has 0 aromatic heterocycles. The number of aromatic hydroxyl groups is 1. The first-order valence-electron chi connectivity index (χ1n) is 10.7. The highest BCUT2D eigenvalue weighted by atomic mass is 16.3. The summed E-state index contributed by atoms with van der Waals surface area (Å²) in [5, 5.41) is 12.2. The Balaban J connectivity index is 1.22. The number of nitrogens with one attached hydrogen (secondary N) is 1. The molecule has 1 atom stereocenters. The largest absolute Gasteiger partial charge is 0.508 e. The van der Waals surface area contributed by atoms with Crippen LogP contribution in [0.15, 0.2) is 48.5 Å². The van der Waals surface area contributed by atoms with Crippen LogP contribution in [-0.4, -0.2) is 72.5 Å². The quantitative estimate of drug-likeness (QED) is 0.499. The minimum Gasteiger partial charge on any atom is -0.508 e. The maximum absolute atomic E-state index is 12.8. The summed E-state index contributed by atoms with van der Waals surface area (Å²) in [6, 6.07) is 14.3. The number of nitrogens with two attached hydrogens (primary N) is 1. The van der Waals surface area contributed by atoms with Crippen molar-refractivity contribution in [2.24, 2.45) is 5.92 Å². The lowest BCUT2D eigenvalue weighted by atomic mass is 10.1. The molecule has 0 aliphatic carbocycles. The third kappa shape index (κ3) is 5.27. The van der Waals surface area contributed by atoms with Crippen molar-refractivity contribution in [3.8, 4) is 5.75 Å². The van der Waals surface area contributed by atoms with Crippen molar-refractivity contribution in [1.82, 2.24) is 9.80 Å². The van der Waals surface area contributed by atoms with Crippen molar-refractivity contribution in [3.05, 3.63) is 48.5 Å².